The number of carbonyl (C=O) groups is 2. The van der Waals surface area contributed by atoms with Crippen molar-refractivity contribution in [2.45, 2.75) is 33.7 Å². The van der Waals surface area contributed by atoms with Crippen molar-refractivity contribution in [3.05, 3.63) is 0 Å². The summed E-state index contributed by atoms with van der Waals surface area (Å²) in [5.74, 6) is 0.0790. The molecule has 0 radical (unpaired) electrons. The number of amides is 2. The molecular formula is C11H20N2O2. The maximum atomic E-state index is 12.0. The maximum absolute atomic E-state index is 12.0. The van der Waals surface area contributed by atoms with E-state index in [1.807, 2.05) is 20.8 Å². The average molecular weight is 212 g/mol. The molecule has 1 fully saturated rings. The molecule has 0 saturated carbocycles. The van der Waals surface area contributed by atoms with E-state index in [4.69, 9.17) is 0 Å². The van der Waals surface area contributed by atoms with Gasteiger partial charge in [0.05, 0.1) is 0 Å². The van der Waals surface area contributed by atoms with Gasteiger partial charge in [0.15, 0.2) is 0 Å². The van der Waals surface area contributed by atoms with E-state index >= 15 is 0 Å². The maximum Gasteiger partial charge on any atom is 0.244 e. The molecule has 1 atom stereocenters. The summed E-state index contributed by atoms with van der Waals surface area (Å²) in [7, 11) is 1.78. The quantitative estimate of drug-likeness (QED) is 0.593. The van der Waals surface area contributed by atoms with Gasteiger partial charge in [0, 0.05) is 25.6 Å². The summed E-state index contributed by atoms with van der Waals surface area (Å²) >= 11 is 0. The summed E-state index contributed by atoms with van der Waals surface area (Å²) in [6, 6.07) is -0.324. The van der Waals surface area contributed by atoms with Crippen molar-refractivity contribution < 1.29 is 9.59 Å². The Bertz CT molecular complexity index is 281. The van der Waals surface area contributed by atoms with E-state index in [-0.39, 0.29) is 17.9 Å². The molecule has 0 aliphatic carbocycles. The van der Waals surface area contributed by atoms with Crippen LogP contribution in [0.1, 0.15) is 27.7 Å². The lowest BCUT2D eigenvalue weighted by Gasteiger charge is -2.40. The van der Waals surface area contributed by atoms with Crippen LogP contribution in [0.5, 0.6) is 0 Å². The Morgan fingerprint density at radius 3 is 2.33 bits per heavy atom. The lowest BCUT2D eigenvalue weighted by Crippen LogP contribution is -2.58. The highest BCUT2D eigenvalue weighted by atomic mass is 16.2. The van der Waals surface area contributed by atoms with Gasteiger partial charge in [0.1, 0.15) is 6.04 Å². The lowest BCUT2D eigenvalue weighted by molar-refractivity contribution is -0.154. The predicted octanol–water partition coefficient (Wildman–Crippen LogP) is 0.722. The number of hydrogen-bond acceptors (Lipinski definition) is 2. The fourth-order valence-corrected chi connectivity index (χ4v) is 1.72. The third-order valence-electron chi connectivity index (χ3n) is 2.78. The second kappa shape index (κ2) is 3.83. The predicted molar refractivity (Wildman–Crippen MR) is 58.3 cm³/mol. The Hall–Kier alpha value is -1.06. The van der Waals surface area contributed by atoms with Gasteiger partial charge in [-0.3, -0.25) is 9.59 Å². The highest BCUT2D eigenvalue weighted by Gasteiger charge is 2.36. The molecule has 1 aliphatic rings. The molecule has 0 N–H and O–H groups in total. The molecule has 2 amide bonds. The molecule has 1 unspecified atom stereocenters. The van der Waals surface area contributed by atoms with Gasteiger partial charge >= 0.3 is 0 Å². The molecule has 15 heavy (non-hydrogen) atoms. The van der Waals surface area contributed by atoms with E-state index in [2.05, 4.69) is 0 Å². The fraction of sp³-hybridized carbons (Fsp3) is 0.818. The molecular weight excluding hydrogens is 192 g/mol. The molecule has 0 bridgehead atoms. The van der Waals surface area contributed by atoms with Gasteiger partial charge < -0.3 is 9.80 Å². The lowest BCUT2D eigenvalue weighted by atomic mass is 9.93. The zero-order valence-corrected chi connectivity index (χ0v) is 10.2. The standard InChI is InChI=1S/C11H20N2O2/c1-8-9(14)12(5)6-7-13(8)10(15)11(2,3)4/h8H,6-7H2,1-5H3. The normalized spacial score (nSPS) is 23.3. The van der Waals surface area contributed by atoms with Gasteiger partial charge in [0.25, 0.3) is 0 Å². The fourth-order valence-electron chi connectivity index (χ4n) is 1.72. The van der Waals surface area contributed by atoms with Gasteiger partial charge in [-0.25, -0.2) is 0 Å². The summed E-state index contributed by atoms with van der Waals surface area (Å²) in [6.45, 7) is 8.70. The minimum atomic E-state index is -0.412. The Balaban J connectivity index is 2.81. The summed E-state index contributed by atoms with van der Waals surface area (Å²) < 4.78 is 0. The molecule has 1 saturated heterocycles. The van der Waals surface area contributed by atoms with Gasteiger partial charge in [0.2, 0.25) is 11.8 Å². The van der Waals surface area contributed by atoms with Crippen LogP contribution in [0.4, 0.5) is 0 Å². The van der Waals surface area contributed by atoms with Crippen molar-refractivity contribution in [2.75, 3.05) is 20.1 Å². The Labute approximate surface area is 91.2 Å². The van der Waals surface area contributed by atoms with Crippen LogP contribution in [-0.2, 0) is 9.59 Å². The summed E-state index contributed by atoms with van der Waals surface area (Å²) in [5.41, 5.74) is -0.412. The third-order valence-corrected chi connectivity index (χ3v) is 2.78. The molecule has 86 valence electrons. The van der Waals surface area contributed by atoms with Crippen molar-refractivity contribution in [3.63, 3.8) is 0 Å². The Morgan fingerprint density at radius 2 is 1.87 bits per heavy atom. The SMILES string of the molecule is CC1C(=O)N(C)CCN1C(=O)C(C)(C)C. The molecule has 1 aliphatic heterocycles. The molecule has 1 heterocycles. The first kappa shape index (κ1) is 12.0. The number of carbonyl (C=O) groups excluding carboxylic acids is 2. The van der Waals surface area contributed by atoms with Crippen LogP contribution in [0.25, 0.3) is 0 Å². The van der Waals surface area contributed by atoms with Crippen molar-refractivity contribution in [2.24, 2.45) is 5.41 Å². The topological polar surface area (TPSA) is 40.6 Å². The molecule has 1 rings (SSSR count). The number of piperazine rings is 1. The van der Waals surface area contributed by atoms with Crippen LogP contribution in [0.2, 0.25) is 0 Å². The molecule has 4 nitrogen and oxygen atoms in total. The van der Waals surface area contributed by atoms with E-state index in [0.717, 1.165) is 0 Å². The zero-order chi connectivity index (χ0) is 11.8. The monoisotopic (exact) mass is 212 g/mol. The molecule has 0 aromatic heterocycles. The van der Waals surface area contributed by atoms with Crippen molar-refractivity contribution in [1.82, 2.24) is 9.80 Å². The van der Waals surface area contributed by atoms with Crippen LogP contribution >= 0.6 is 0 Å². The second-order valence-corrected chi connectivity index (χ2v) is 5.18. The summed E-state index contributed by atoms with van der Waals surface area (Å²) in [6.07, 6.45) is 0. The minimum Gasteiger partial charge on any atom is -0.342 e. The van der Waals surface area contributed by atoms with Crippen LogP contribution < -0.4 is 0 Å². The van der Waals surface area contributed by atoms with Crippen molar-refractivity contribution >= 4 is 11.8 Å². The largest absolute Gasteiger partial charge is 0.342 e. The van der Waals surface area contributed by atoms with Crippen LogP contribution in [0.15, 0.2) is 0 Å². The Morgan fingerprint density at radius 1 is 1.33 bits per heavy atom. The van der Waals surface area contributed by atoms with E-state index in [9.17, 15) is 9.59 Å². The summed E-state index contributed by atoms with van der Waals surface area (Å²) in [5, 5.41) is 0. The van der Waals surface area contributed by atoms with Gasteiger partial charge in [-0.1, -0.05) is 20.8 Å². The number of nitrogens with zero attached hydrogens (tertiary/aromatic N) is 2. The zero-order valence-electron chi connectivity index (χ0n) is 10.2. The molecule has 4 heteroatoms. The molecule has 0 aromatic rings. The highest BCUT2D eigenvalue weighted by Crippen LogP contribution is 2.21. The first-order chi connectivity index (χ1) is 6.75. The summed E-state index contributed by atoms with van der Waals surface area (Å²) in [4.78, 5) is 27.1. The first-order valence-electron chi connectivity index (χ1n) is 5.31. The van der Waals surface area contributed by atoms with Crippen LogP contribution in [0, 0.1) is 5.41 Å². The van der Waals surface area contributed by atoms with Gasteiger partial charge in [-0.2, -0.15) is 0 Å². The second-order valence-electron chi connectivity index (χ2n) is 5.18. The number of hydrogen-bond donors (Lipinski definition) is 0. The van der Waals surface area contributed by atoms with Crippen molar-refractivity contribution in [1.29, 1.82) is 0 Å². The smallest absolute Gasteiger partial charge is 0.244 e. The van der Waals surface area contributed by atoms with Gasteiger partial charge in [-0.05, 0) is 6.92 Å². The van der Waals surface area contributed by atoms with E-state index < -0.39 is 5.41 Å². The van der Waals surface area contributed by atoms with Crippen LogP contribution in [-0.4, -0.2) is 47.8 Å². The number of likely N-dealkylation sites (N-methyl/N-ethyl adjacent to an activating group) is 1. The van der Waals surface area contributed by atoms with E-state index in [1.165, 1.54) is 0 Å². The van der Waals surface area contributed by atoms with Crippen LogP contribution in [0.3, 0.4) is 0 Å². The van der Waals surface area contributed by atoms with Crippen molar-refractivity contribution in [3.8, 4) is 0 Å². The Kier molecular flexibility index (Phi) is 3.07. The highest BCUT2D eigenvalue weighted by molar-refractivity contribution is 5.90. The molecule has 0 spiro atoms. The first-order valence-corrected chi connectivity index (χ1v) is 5.31. The number of rotatable bonds is 0. The van der Waals surface area contributed by atoms with Gasteiger partial charge in [-0.15, -0.1) is 0 Å². The molecule has 0 aromatic carbocycles. The average Bonchev–Trinajstić information content (AvgIpc) is 2.12. The van der Waals surface area contributed by atoms with E-state index in [0.29, 0.717) is 13.1 Å². The van der Waals surface area contributed by atoms with E-state index in [1.54, 1.807) is 23.8 Å². The third kappa shape index (κ3) is 2.30. The minimum absolute atomic E-state index is 0.0267.